The fourth-order valence-electron chi connectivity index (χ4n) is 5.58. The molecular formula is C25H32F2N2O. The minimum Gasteiger partial charge on any atom is -0.398 e. The zero-order valence-electron chi connectivity index (χ0n) is 18.3. The van der Waals surface area contributed by atoms with Crippen LogP contribution in [0.2, 0.25) is 0 Å². The fraction of sp³-hybridized carbons (Fsp3) is 0.520. The van der Waals surface area contributed by atoms with Crippen LogP contribution in [0.3, 0.4) is 0 Å². The highest BCUT2D eigenvalue weighted by Gasteiger charge is 2.56. The first-order valence-electron chi connectivity index (χ1n) is 10.8. The third-order valence-electron chi connectivity index (χ3n) is 7.86. The lowest BCUT2D eigenvalue weighted by Gasteiger charge is -2.61. The molecule has 0 saturated carbocycles. The summed E-state index contributed by atoms with van der Waals surface area (Å²) in [6, 6.07) is 10.6. The number of rotatable bonds is 5. The number of likely N-dealkylation sites (tertiary alicyclic amines) is 1. The summed E-state index contributed by atoms with van der Waals surface area (Å²) in [5, 5.41) is 0. The minimum atomic E-state index is -0.559. The van der Waals surface area contributed by atoms with Crippen molar-refractivity contribution in [3.05, 3.63) is 64.7 Å². The lowest BCUT2D eigenvalue weighted by molar-refractivity contribution is -0.0651. The van der Waals surface area contributed by atoms with E-state index in [4.69, 9.17) is 10.5 Å². The molecule has 0 spiro atoms. The highest BCUT2D eigenvalue weighted by Crippen LogP contribution is 2.56. The predicted octanol–water partition coefficient (Wildman–Crippen LogP) is 5.07. The van der Waals surface area contributed by atoms with E-state index in [0.29, 0.717) is 6.04 Å². The SMILES string of the molecule is C[C@@H](CN1CC[C@@]2(C)c3cccc(N)c3C[C@@H]1C2(C)C)OCc1c(F)cccc1F. The van der Waals surface area contributed by atoms with Crippen LogP contribution in [0.5, 0.6) is 0 Å². The molecule has 2 aliphatic rings. The van der Waals surface area contributed by atoms with E-state index in [0.717, 1.165) is 31.6 Å². The average molecular weight is 415 g/mol. The number of benzene rings is 2. The monoisotopic (exact) mass is 414 g/mol. The molecule has 1 saturated heterocycles. The zero-order valence-corrected chi connectivity index (χ0v) is 18.3. The number of nitrogen functional groups attached to an aromatic ring is 1. The van der Waals surface area contributed by atoms with E-state index >= 15 is 0 Å². The molecule has 1 aliphatic heterocycles. The van der Waals surface area contributed by atoms with Gasteiger partial charge in [-0.25, -0.2) is 8.78 Å². The summed E-state index contributed by atoms with van der Waals surface area (Å²) >= 11 is 0. The number of ether oxygens (including phenoxy) is 1. The van der Waals surface area contributed by atoms with Crippen LogP contribution in [0.4, 0.5) is 14.5 Å². The van der Waals surface area contributed by atoms with Gasteiger partial charge < -0.3 is 10.5 Å². The fourth-order valence-corrected chi connectivity index (χ4v) is 5.58. The first kappa shape index (κ1) is 21.3. The van der Waals surface area contributed by atoms with Gasteiger partial charge in [0.2, 0.25) is 0 Å². The number of nitrogens with zero attached hydrogens (tertiary/aromatic N) is 1. The van der Waals surface area contributed by atoms with Crippen molar-refractivity contribution < 1.29 is 13.5 Å². The number of anilines is 1. The van der Waals surface area contributed by atoms with Crippen molar-refractivity contribution in [1.82, 2.24) is 4.90 Å². The van der Waals surface area contributed by atoms with Crippen LogP contribution in [0, 0.1) is 17.0 Å². The van der Waals surface area contributed by atoms with Crippen molar-refractivity contribution in [2.24, 2.45) is 5.41 Å². The summed E-state index contributed by atoms with van der Waals surface area (Å²) in [6.07, 6.45) is 1.82. The zero-order chi connectivity index (χ0) is 21.7. The molecular weight excluding hydrogens is 382 g/mol. The van der Waals surface area contributed by atoms with Gasteiger partial charge in [-0.3, -0.25) is 4.90 Å². The van der Waals surface area contributed by atoms with Crippen molar-refractivity contribution in [1.29, 1.82) is 0 Å². The third kappa shape index (κ3) is 3.32. The number of nitrogens with two attached hydrogens (primary N) is 1. The molecule has 0 amide bonds. The molecule has 2 N–H and O–H groups in total. The summed E-state index contributed by atoms with van der Waals surface area (Å²) in [5.74, 6) is -1.12. The van der Waals surface area contributed by atoms with Crippen molar-refractivity contribution in [2.45, 2.75) is 64.7 Å². The number of hydrogen-bond acceptors (Lipinski definition) is 3. The van der Waals surface area contributed by atoms with Crippen molar-refractivity contribution in [3.63, 3.8) is 0 Å². The molecule has 4 rings (SSSR count). The quantitative estimate of drug-likeness (QED) is 0.695. The molecule has 0 aromatic heterocycles. The van der Waals surface area contributed by atoms with E-state index < -0.39 is 11.6 Å². The normalized spacial score (nSPS) is 26.3. The van der Waals surface area contributed by atoms with Crippen molar-refractivity contribution in [3.8, 4) is 0 Å². The van der Waals surface area contributed by atoms with Crippen LogP contribution >= 0.6 is 0 Å². The standard InChI is InChI=1S/C25H32F2N2O/c1-16(30-15-18-20(26)8-6-9-21(18)27)14-29-12-11-25(4)19-7-5-10-22(28)17(19)13-23(29)24(25,2)3/h5-10,16,23H,11-15,28H2,1-4H3/t16-,23+,25-/m0/s1. The number of fused-ring (bicyclic) bond motifs is 4. The van der Waals surface area contributed by atoms with E-state index in [1.165, 1.54) is 29.3 Å². The van der Waals surface area contributed by atoms with Crippen LogP contribution in [0.1, 0.15) is 50.8 Å². The van der Waals surface area contributed by atoms with E-state index in [2.05, 4.69) is 37.8 Å². The average Bonchev–Trinajstić information content (AvgIpc) is 2.67. The van der Waals surface area contributed by atoms with Gasteiger partial charge in [-0.05, 0) is 61.1 Å². The molecule has 0 unspecified atom stereocenters. The summed E-state index contributed by atoms with van der Waals surface area (Å²) < 4.78 is 33.7. The summed E-state index contributed by atoms with van der Waals surface area (Å²) in [6.45, 7) is 10.7. The minimum absolute atomic E-state index is 0.00438. The van der Waals surface area contributed by atoms with Gasteiger partial charge in [0.1, 0.15) is 11.6 Å². The number of halogens is 2. The number of hydrogen-bond donors (Lipinski definition) is 1. The topological polar surface area (TPSA) is 38.5 Å². The Morgan fingerprint density at radius 1 is 1.13 bits per heavy atom. The summed E-state index contributed by atoms with van der Waals surface area (Å²) in [5.41, 5.74) is 10.0. The first-order valence-corrected chi connectivity index (χ1v) is 10.8. The van der Waals surface area contributed by atoms with E-state index in [1.807, 2.05) is 13.0 Å². The highest BCUT2D eigenvalue weighted by molar-refractivity contribution is 5.56. The molecule has 2 bridgehead atoms. The lowest BCUT2D eigenvalue weighted by atomic mass is 9.51. The maximum absolute atomic E-state index is 13.9. The molecule has 0 radical (unpaired) electrons. The van der Waals surface area contributed by atoms with Gasteiger partial charge in [-0.1, -0.05) is 39.0 Å². The molecule has 162 valence electrons. The van der Waals surface area contributed by atoms with E-state index in [9.17, 15) is 8.78 Å². The van der Waals surface area contributed by atoms with Crippen LogP contribution in [0.25, 0.3) is 0 Å². The Hall–Kier alpha value is -1.98. The van der Waals surface area contributed by atoms with Gasteiger partial charge in [-0.2, -0.15) is 0 Å². The molecule has 3 atom stereocenters. The molecule has 30 heavy (non-hydrogen) atoms. The van der Waals surface area contributed by atoms with E-state index in [1.54, 1.807) is 0 Å². The first-order chi connectivity index (χ1) is 14.1. The largest absolute Gasteiger partial charge is 0.398 e. The van der Waals surface area contributed by atoms with Crippen LogP contribution in [0.15, 0.2) is 36.4 Å². The maximum atomic E-state index is 13.9. The molecule has 2 aromatic carbocycles. The molecule has 2 aromatic rings. The predicted molar refractivity (Wildman–Crippen MR) is 116 cm³/mol. The Bertz CT molecular complexity index is 924. The maximum Gasteiger partial charge on any atom is 0.131 e. The molecule has 1 fully saturated rings. The van der Waals surface area contributed by atoms with Crippen molar-refractivity contribution in [2.75, 3.05) is 18.8 Å². The lowest BCUT2D eigenvalue weighted by Crippen LogP contribution is -2.64. The van der Waals surface area contributed by atoms with Gasteiger partial charge in [0.05, 0.1) is 12.7 Å². The van der Waals surface area contributed by atoms with Crippen molar-refractivity contribution >= 4 is 5.69 Å². The molecule has 1 heterocycles. The summed E-state index contributed by atoms with van der Waals surface area (Å²) in [4.78, 5) is 2.49. The Kier molecular flexibility index (Phi) is 5.39. The molecule has 5 heteroatoms. The van der Waals surface area contributed by atoms with Gasteiger partial charge in [0.15, 0.2) is 0 Å². The van der Waals surface area contributed by atoms with Gasteiger partial charge in [0.25, 0.3) is 0 Å². The van der Waals surface area contributed by atoms with Gasteiger partial charge >= 0.3 is 0 Å². The Balaban J connectivity index is 1.51. The summed E-state index contributed by atoms with van der Waals surface area (Å²) in [7, 11) is 0. The highest BCUT2D eigenvalue weighted by atomic mass is 19.1. The van der Waals surface area contributed by atoms with Crippen LogP contribution in [-0.2, 0) is 23.2 Å². The third-order valence-corrected chi connectivity index (χ3v) is 7.86. The second-order valence-corrected chi connectivity index (χ2v) is 9.71. The van der Waals surface area contributed by atoms with Gasteiger partial charge in [0, 0.05) is 29.3 Å². The Morgan fingerprint density at radius 3 is 2.50 bits per heavy atom. The van der Waals surface area contributed by atoms with Crippen LogP contribution < -0.4 is 5.73 Å². The Labute approximate surface area is 178 Å². The molecule has 1 aliphatic carbocycles. The number of piperidine rings is 1. The van der Waals surface area contributed by atoms with E-state index in [-0.39, 0.29) is 29.1 Å². The second-order valence-electron chi connectivity index (χ2n) is 9.71. The smallest absolute Gasteiger partial charge is 0.131 e. The Morgan fingerprint density at radius 2 is 1.80 bits per heavy atom. The van der Waals surface area contributed by atoms with Gasteiger partial charge in [-0.15, -0.1) is 0 Å². The molecule has 3 nitrogen and oxygen atoms in total. The van der Waals surface area contributed by atoms with Crippen LogP contribution in [-0.4, -0.2) is 30.1 Å². The second kappa shape index (κ2) is 7.61.